The van der Waals surface area contributed by atoms with Gasteiger partial charge in [0.2, 0.25) is 5.91 Å². The van der Waals surface area contributed by atoms with Gasteiger partial charge in [0.25, 0.3) is 11.5 Å². The molecular formula is C22H17Cl2F3N4O3S. The number of hydrogen-bond acceptors (Lipinski definition) is 6. The molecule has 2 atom stereocenters. The molecule has 0 fully saturated rings. The van der Waals surface area contributed by atoms with Gasteiger partial charge in [-0.1, -0.05) is 28.4 Å². The second-order valence-electron chi connectivity index (χ2n) is 7.78. The Morgan fingerprint density at radius 2 is 1.91 bits per heavy atom. The topological polar surface area (TPSA) is 92.7 Å². The predicted molar refractivity (Wildman–Crippen MR) is 127 cm³/mol. The van der Waals surface area contributed by atoms with Gasteiger partial charge >= 0.3 is 6.18 Å². The number of halogens is 5. The third kappa shape index (κ3) is 4.55. The highest BCUT2D eigenvalue weighted by Gasteiger charge is 2.62. The maximum Gasteiger partial charge on any atom is 0.435 e. The van der Waals surface area contributed by atoms with Crippen LogP contribution >= 0.6 is 34.5 Å². The van der Waals surface area contributed by atoms with Crippen LogP contribution in [0.1, 0.15) is 35.0 Å². The molecule has 0 radical (unpaired) electrons. The van der Waals surface area contributed by atoms with Crippen molar-refractivity contribution in [3.05, 3.63) is 62.7 Å². The molecule has 13 heteroatoms. The lowest BCUT2D eigenvalue weighted by Gasteiger charge is -2.29. The fraction of sp³-hybridized carbons (Fsp3) is 0.273. The molecule has 0 aliphatic carbocycles. The van der Waals surface area contributed by atoms with Crippen LogP contribution in [0.4, 0.5) is 13.2 Å². The second kappa shape index (κ2) is 9.29. The maximum absolute atomic E-state index is 14.3. The molecule has 3 heterocycles. The van der Waals surface area contributed by atoms with Crippen LogP contribution in [-0.2, 0) is 15.2 Å². The summed E-state index contributed by atoms with van der Waals surface area (Å²) in [5.41, 5.74) is -2.81. The number of thiophene rings is 1. The monoisotopic (exact) mass is 544 g/mol. The average Bonchev–Trinajstić information content (AvgIpc) is 3.45. The number of nitrogens with one attached hydrogen (secondary N) is 2. The Labute approximate surface area is 211 Å². The number of benzene rings is 1. The molecule has 2 aromatic heterocycles. The molecule has 1 unspecified atom stereocenters. The van der Waals surface area contributed by atoms with E-state index in [1.54, 1.807) is 11.4 Å². The molecule has 2 amide bonds. The van der Waals surface area contributed by atoms with Crippen LogP contribution in [0.5, 0.6) is 0 Å². The van der Waals surface area contributed by atoms with Crippen molar-refractivity contribution >= 4 is 62.2 Å². The SMILES string of the molecule is CNC(=O)[C@@H](C)NC(=O)c1cnc(C2=NOC(c3cc(Cl)cc(Cl)c3)(C(F)(F)F)C2)c2sccc12. The highest BCUT2D eigenvalue weighted by molar-refractivity contribution is 7.17. The van der Waals surface area contributed by atoms with E-state index in [1.165, 1.54) is 37.6 Å². The van der Waals surface area contributed by atoms with Crippen molar-refractivity contribution in [2.75, 3.05) is 7.05 Å². The molecule has 7 nitrogen and oxygen atoms in total. The van der Waals surface area contributed by atoms with E-state index in [2.05, 4.69) is 20.8 Å². The normalized spacial score (nSPS) is 18.7. The highest BCUT2D eigenvalue weighted by Crippen LogP contribution is 2.50. The first-order valence-corrected chi connectivity index (χ1v) is 11.8. The second-order valence-corrected chi connectivity index (χ2v) is 9.57. The number of carbonyl (C=O) groups is 2. The number of carbonyl (C=O) groups excluding carboxylic acids is 2. The third-order valence-electron chi connectivity index (χ3n) is 5.51. The summed E-state index contributed by atoms with van der Waals surface area (Å²) in [5.74, 6) is -0.932. The molecule has 4 rings (SSSR count). The Bertz CT molecular complexity index is 1340. The molecule has 1 aliphatic heterocycles. The molecule has 0 saturated carbocycles. The van der Waals surface area contributed by atoms with Crippen molar-refractivity contribution < 1.29 is 27.6 Å². The molecule has 1 aliphatic rings. The Morgan fingerprint density at radius 3 is 2.54 bits per heavy atom. The van der Waals surface area contributed by atoms with Gasteiger partial charge in [-0.2, -0.15) is 13.2 Å². The number of pyridine rings is 1. The number of nitrogens with zero attached hydrogens (tertiary/aromatic N) is 2. The summed E-state index contributed by atoms with van der Waals surface area (Å²) in [7, 11) is 1.45. The summed E-state index contributed by atoms with van der Waals surface area (Å²) >= 11 is 13.1. The van der Waals surface area contributed by atoms with Crippen LogP contribution in [0.3, 0.4) is 0 Å². The van der Waals surface area contributed by atoms with E-state index in [-0.39, 0.29) is 38.5 Å². The molecule has 1 aromatic carbocycles. The lowest BCUT2D eigenvalue weighted by atomic mass is 9.87. The van der Waals surface area contributed by atoms with E-state index >= 15 is 0 Å². The lowest BCUT2D eigenvalue weighted by Crippen LogP contribution is -2.43. The van der Waals surface area contributed by atoms with Crippen molar-refractivity contribution in [2.45, 2.75) is 31.2 Å². The van der Waals surface area contributed by atoms with Gasteiger partial charge in [0, 0.05) is 34.2 Å². The summed E-state index contributed by atoms with van der Waals surface area (Å²) in [6, 6.07) is 4.43. The standard InChI is InChI=1S/C22H17Cl2F3N4O3S/c1-10(19(32)28-2)30-20(33)15-9-29-17(18-14(15)3-4-35-18)16-8-21(34-31-16,22(25,26)27)11-5-12(23)7-13(24)6-11/h3-7,9-10H,8H2,1-2H3,(H,28,32)(H,30,33)/t10-,21?/m1/s1. The van der Waals surface area contributed by atoms with Crippen molar-refractivity contribution in [2.24, 2.45) is 5.16 Å². The smallest absolute Gasteiger partial charge is 0.374 e. The first-order valence-electron chi connectivity index (χ1n) is 10.1. The number of likely N-dealkylation sites (N-methyl/N-ethyl adjacent to an activating group) is 1. The first-order chi connectivity index (χ1) is 16.5. The largest absolute Gasteiger partial charge is 0.435 e. The number of oxime groups is 1. The average molecular weight is 545 g/mol. The molecule has 0 spiro atoms. The summed E-state index contributed by atoms with van der Waals surface area (Å²) in [5, 5.41) is 10.9. The van der Waals surface area contributed by atoms with Gasteiger partial charge in [0.1, 0.15) is 17.4 Å². The molecule has 3 aromatic rings. The van der Waals surface area contributed by atoms with E-state index in [0.29, 0.717) is 10.1 Å². The predicted octanol–water partition coefficient (Wildman–Crippen LogP) is 5.05. The number of aromatic nitrogens is 1. The van der Waals surface area contributed by atoms with E-state index in [1.807, 2.05) is 0 Å². The quantitative estimate of drug-likeness (QED) is 0.470. The minimum absolute atomic E-state index is 0.0216. The Balaban J connectivity index is 1.71. The van der Waals surface area contributed by atoms with Gasteiger partial charge in [0.15, 0.2) is 0 Å². The maximum atomic E-state index is 14.3. The number of amides is 2. The zero-order valence-electron chi connectivity index (χ0n) is 18.2. The van der Waals surface area contributed by atoms with Crippen molar-refractivity contribution in [3.8, 4) is 0 Å². The molecular weight excluding hydrogens is 528 g/mol. The molecule has 2 N–H and O–H groups in total. The summed E-state index contributed by atoms with van der Waals surface area (Å²) in [4.78, 5) is 33.8. The van der Waals surface area contributed by atoms with Gasteiger partial charge < -0.3 is 15.5 Å². The molecule has 0 bridgehead atoms. The van der Waals surface area contributed by atoms with Gasteiger partial charge in [-0.05, 0) is 36.6 Å². The first kappa shape index (κ1) is 25.2. The Morgan fingerprint density at radius 1 is 1.23 bits per heavy atom. The third-order valence-corrected chi connectivity index (χ3v) is 6.87. The van der Waals surface area contributed by atoms with Gasteiger partial charge in [-0.25, -0.2) is 0 Å². The van der Waals surface area contributed by atoms with Gasteiger partial charge in [-0.15, -0.1) is 11.3 Å². The summed E-state index contributed by atoms with van der Waals surface area (Å²) < 4.78 is 43.4. The van der Waals surface area contributed by atoms with Crippen LogP contribution < -0.4 is 10.6 Å². The van der Waals surface area contributed by atoms with Crippen molar-refractivity contribution in [3.63, 3.8) is 0 Å². The molecule has 184 valence electrons. The molecule has 35 heavy (non-hydrogen) atoms. The van der Waals surface area contributed by atoms with Crippen LogP contribution in [0.25, 0.3) is 10.1 Å². The highest BCUT2D eigenvalue weighted by atomic mass is 35.5. The van der Waals surface area contributed by atoms with Crippen LogP contribution in [0.2, 0.25) is 10.0 Å². The Kier molecular flexibility index (Phi) is 6.69. The summed E-state index contributed by atoms with van der Waals surface area (Å²) in [6.07, 6.45) is -4.29. The molecule has 0 saturated heterocycles. The number of alkyl halides is 3. The van der Waals surface area contributed by atoms with E-state index in [0.717, 1.165) is 12.1 Å². The number of hydrogen-bond donors (Lipinski definition) is 2. The van der Waals surface area contributed by atoms with E-state index in [4.69, 9.17) is 28.0 Å². The van der Waals surface area contributed by atoms with Crippen LogP contribution in [0, 0.1) is 0 Å². The minimum atomic E-state index is -4.85. The van der Waals surface area contributed by atoms with Crippen LogP contribution in [-0.4, -0.2) is 41.8 Å². The van der Waals surface area contributed by atoms with E-state index < -0.39 is 30.1 Å². The van der Waals surface area contributed by atoms with Crippen molar-refractivity contribution in [1.29, 1.82) is 0 Å². The number of rotatable bonds is 5. The fourth-order valence-corrected chi connectivity index (χ4v) is 5.18. The zero-order valence-corrected chi connectivity index (χ0v) is 20.5. The zero-order chi connectivity index (χ0) is 25.5. The van der Waals surface area contributed by atoms with Gasteiger partial charge in [-0.3, -0.25) is 14.6 Å². The minimum Gasteiger partial charge on any atom is -0.374 e. The van der Waals surface area contributed by atoms with Crippen molar-refractivity contribution in [1.82, 2.24) is 15.6 Å². The lowest BCUT2D eigenvalue weighted by molar-refractivity contribution is -0.275. The van der Waals surface area contributed by atoms with Gasteiger partial charge in [0.05, 0.1) is 16.7 Å². The fourth-order valence-electron chi connectivity index (χ4n) is 3.72. The Hall–Kier alpha value is -2.89. The van der Waals surface area contributed by atoms with Crippen LogP contribution in [0.15, 0.2) is 41.0 Å². The summed E-state index contributed by atoms with van der Waals surface area (Å²) in [6.45, 7) is 1.52. The number of fused-ring (bicyclic) bond motifs is 1. The van der Waals surface area contributed by atoms with E-state index in [9.17, 15) is 22.8 Å².